The number of rotatable bonds is 6. The largest absolute Gasteiger partial charge is 0.573 e. The monoisotopic (exact) mass is 498 g/mol. The van der Waals surface area contributed by atoms with Crippen LogP contribution in [-0.4, -0.2) is 30.9 Å². The molecule has 2 aliphatic rings. The number of amides is 2. The van der Waals surface area contributed by atoms with Crippen LogP contribution in [-0.2, 0) is 14.4 Å². The lowest BCUT2D eigenvalue weighted by molar-refractivity contribution is -0.274. The van der Waals surface area contributed by atoms with Crippen molar-refractivity contribution in [1.82, 2.24) is 0 Å². The smallest absolute Gasteiger partial charge is 0.494 e. The molecule has 0 unspecified atom stereocenters. The molecular weight excluding hydrogens is 477 g/mol. The molecule has 0 aromatic heterocycles. The van der Waals surface area contributed by atoms with Gasteiger partial charge in [0.05, 0.1) is 24.0 Å². The van der Waals surface area contributed by atoms with Crippen LogP contribution < -0.4 is 19.4 Å². The average molecular weight is 498 g/mol. The van der Waals surface area contributed by atoms with Gasteiger partial charge in [-0.2, -0.15) is 0 Å². The van der Waals surface area contributed by atoms with Crippen LogP contribution in [0.15, 0.2) is 78.9 Å². The highest BCUT2D eigenvalue weighted by Crippen LogP contribution is 2.48. The van der Waals surface area contributed by atoms with Crippen LogP contribution in [0, 0.1) is 5.92 Å². The van der Waals surface area contributed by atoms with Crippen molar-refractivity contribution in [3.05, 3.63) is 84.4 Å². The molecule has 0 radical (unpaired) electrons. The van der Waals surface area contributed by atoms with Crippen molar-refractivity contribution in [3.8, 4) is 11.5 Å². The van der Waals surface area contributed by atoms with Gasteiger partial charge in [0, 0.05) is 0 Å². The maximum Gasteiger partial charge on any atom is 0.573 e. The molecule has 0 saturated carbocycles. The molecule has 3 atom stereocenters. The molecule has 2 amide bonds. The van der Waals surface area contributed by atoms with Crippen molar-refractivity contribution < 1.29 is 37.1 Å². The zero-order chi connectivity index (χ0) is 25.4. The number of para-hydroxylation sites is 1. The van der Waals surface area contributed by atoms with E-state index >= 15 is 0 Å². The minimum Gasteiger partial charge on any atom is -0.494 e. The van der Waals surface area contributed by atoms with E-state index < -0.39 is 42.0 Å². The third kappa shape index (κ3) is 4.35. The number of imide groups is 1. The zero-order valence-electron chi connectivity index (χ0n) is 19.0. The summed E-state index contributed by atoms with van der Waals surface area (Å²) in [5.74, 6) is -1.69. The Balaban J connectivity index is 1.50. The number of hydrogen-bond donors (Lipinski definition) is 0. The lowest BCUT2D eigenvalue weighted by Crippen LogP contribution is -2.37. The molecule has 0 N–H and O–H groups in total. The van der Waals surface area contributed by atoms with E-state index in [0.717, 1.165) is 4.90 Å². The van der Waals surface area contributed by atoms with Gasteiger partial charge >= 0.3 is 6.36 Å². The molecule has 7 nitrogen and oxygen atoms in total. The summed E-state index contributed by atoms with van der Waals surface area (Å²) in [5, 5.41) is 1.47. The minimum absolute atomic E-state index is 0.380. The summed E-state index contributed by atoms with van der Waals surface area (Å²) < 4.78 is 47.3. The molecule has 0 aliphatic carbocycles. The Hall–Kier alpha value is -4.05. The molecule has 10 heteroatoms. The molecule has 3 aromatic carbocycles. The van der Waals surface area contributed by atoms with Crippen molar-refractivity contribution in [3.63, 3.8) is 0 Å². The number of halogens is 3. The molecule has 0 bridgehead atoms. The van der Waals surface area contributed by atoms with Gasteiger partial charge in [-0.05, 0) is 61.0 Å². The lowest BCUT2D eigenvalue weighted by Gasteiger charge is -2.29. The van der Waals surface area contributed by atoms with E-state index in [4.69, 9.17) is 9.57 Å². The topological polar surface area (TPSA) is 68.3 Å². The van der Waals surface area contributed by atoms with E-state index in [9.17, 15) is 22.8 Å². The van der Waals surface area contributed by atoms with Gasteiger partial charge in [-0.15, -0.1) is 13.2 Å². The zero-order valence-corrected chi connectivity index (χ0v) is 19.0. The molecule has 3 aromatic rings. The van der Waals surface area contributed by atoms with E-state index in [1.807, 2.05) is 13.0 Å². The number of carbonyl (C=O) groups excluding carboxylic acids is 2. The highest BCUT2D eigenvalue weighted by atomic mass is 19.4. The van der Waals surface area contributed by atoms with E-state index in [0.29, 0.717) is 29.3 Å². The second kappa shape index (κ2) is 9.19. The third-order valence-electron chi connectivity index (χ3n) is 5.99. The predicted molar refractivity (Wildman–Crippen MR) is 123 cm³/mol. The standard InChI is InChI=1S/C26H21F3N2O5/c1-2-34-19-14-10-17(11-15-19)30-24(32)21-22(16-8-12-20(13-9-16)35-26(27,28)29)31(36-23(21)25(30)33)18-6-4-3-5-7-18/h3-15,21-23H,2H2,1H3/t21-,22+,23+/m0/s1. The summed E-state index contributed by atoms with van der Waals surface area (Å²) in [6.45, 7) is 2.32. The number of hydroxylamine groups is 1. The Bertz CT molecular complexity index is 1250. The predicted octanol–water partition coefficient (Wildman–Crippen LogP) is 5.04. The average Bonchev–Trinajstić information content (AvgIpc) is 3.36. The summed E-state index contributed by atoms with van der Waals surface area (Å²) in [4.78, 5) is 34.1. The number of nitrogens with zero attached hydrogens (tertiary/aromatic N) is 2. The molecule has 0 spiro atoms. The van der Waals surface area contributed by atoms with Crippen molar-refractivity contribution in [1.29, 1.82) is 0 Å². The van der Waals surface area contributed by atoms with Gasteiger partial charge in [-0.25, -0.2) is 9.96 Å². The number of benzene rings is 3. The number of hydrogen-bond acceptors (Lipinski definition) is 6. The van der Waals surface area contributed by atoms with Crippen LogP contribution in [0.4, 0.5) is 24.5 Å². The summed E-state index contributed by atoms with van der Waals surface area (Å²) in [5.41, 5.74) is 1.47. The summed E-state index contributed by atoms with van der Waals surface area (Å²) in [6, 6.07) is 19.9. The van der Waals surface area contributed by atoms with E-state index in [2.05, 4.69) is 4.74 Å². The fraction of sp³-hybridized carbons (Fsp3) is 0.231. The maximum absolute atomic E-state index is 13.6. The normalized spacial score (nSPS) is 21.6. The van der Waals surface area contributed by atoms with Gasteiger partial charge < -0.3 is 9.47 Å². The Morgan fingerprint density at radius 1 is 0.833 bits per heavy atom. The van der Waals surface area contributed by atoms with Crippen LogP contribution in [0.3, 0.4) is 0 Å². The second-order valence-electron chi connectivity index (χ2n) is 8.21. The van der Waals surface area contributed by atoms with Crippen molar-refractivity contribution >= 4 is 23.2 Å². The summed E-state index contributed by atoms with van der Waals surface area (Å²) >= 11 is 0. The third-order valence-corrected chi connectivity index (χ3v) is 5.99. The number of alkyl halides is 3. The molecule has 2 heterocycles. The van der Waals surface area contributed by atoms with E-state index in [-0.39, 0.29) is 0 Å². The number of ether oxygens (including phenoxy) is 2. The van der Waals surface area contributed by atoms with Crippen molar-refractivity contribution in [2.75, 3.05) is 16.6 Å². The second-order valence-corrected chi connectivity index (χ2v) is 8.21. The number of carbonyl (C=O) groups is 2. The highest BCUT2D eigenvalue weighted by molar-refractivity contribution is 6.23. The SMILES string of the molecule is CCOc1ccc(N2C(=O)[C@H]3[C@@H](c4ccc(OC(F)(F)F)cc4)N(c4ccccc4)O[C@H]3C2=O)cc1. The first-order chi connectivity index (χ1) is 17.3. The minimum atomic E-state index is -4.83. The van der Waals surface area contributed by atoms with Crippen molar-refractivity contribution in [2.24, 2.45) is 5.92 Å². The van der Waals surface area contributed by atoms with Gasteiger partial charge in [0.25, 0.3) is 5.91 Å². The number of fused-ring (bicyclic) bond motifs is 1. The van der Waals surface area contributed by atoms with E-state index in [1.165, 1.54) is 29.3 Å². The Morgan fingerprint density at radius 2 is 1.47 bits per heavy atom. The van der Waals surface area contributed by atoms with Crippen LogP contribution >= 0.6 is 0 Å². The summed E-state index contributed by atoms with van der Waals surface area (Å²) in [6.07, 6.45) is -5.93. The van der Waals surface area contributed by atoms with Crippen LogP contribution in [0.25, 0.3) is 0 Å². The molecule has 5 rings (SSSR count). The van der Waals surface area contributed by atoms with Crippen LogP contribution in [0.2, 0.25) is 0 Å². The molecule has 186 valence electrons. The van der Waals surface area contributed by atoms with Gasteiger partial charge in [-0.1, -0.05) is 30.3 Å². The molecule has 2 saturated heterocycles. The summed E-state index contributed by atoms with van der Waals surface area (Å²) in [7, 11) is 0. The van der Waals surface area contributed by atoms with Gasteiger partial charge in [0.15, 0.2) is 6.10 Å². The molecule has 2 aliphatic heterocycles. The molecule has 36 heavy (non-hydrogen) atoms. The quantitative estimate of drug-likeness (QED) is 0.444. The molecule has 2 fully saturated rings. The lowest BCUT2D eigenvalue weighted by atomic mass is 9.90. The fourth-order valence-corrected chi connectivity index (χ4v) is 4.53. The fourth-order valence-electron chi connectivity index (χ4n) is 4.53. The van der Waals surface area contributed by atoms with Gasteiger partial charge in [0.2, 0.25) is 5.91 Å². The highest BCUT2D eigenvalue weighted by Gasteiger charge is 2.60. The first-order valence-electron chi connectivity index (χ1n) is 11.2. The number of anilines is 2. The van der Waals surface area contributed by atoms with Gasteiger partial charge in [0.1, 0.15) is 17.4 Å². The van der Waals surface area contributed by atoms with Crippen molar-refractivity contribution in [2.45, 2.75) is 25.4 Å². The molecular formula is C26H21F3N2O5. The Morgan fingerprint density at radius 3 is 2.08 bits per heavy atom. The van der Waals surface area contributed by atoms with Crippen LogP contribution in [0.5, 0.6) is 11.5 Å². The maximum atomic E-state index is 13.6. The first kappa shape index (κ1) is 23.7. The van der Waals surface area contributed by atoms with Crippen LogP contribution in [0.1, 0.15) is 18.5 Å². The Labute approximate surface area is 204 Å². The first-order valence-corrected chi connectivity index (χ1v) is 11.2. The van der Waals surface area contributed by atoms with Gasteiger partial charge in [-0.3, -0.25) is 14.4 Å². The Kier molecular flexibility index (Phi) is 6.05. The van der Waals surface area contributed by atoms with E-state index in [1.54, 1.807) is 48.5 Å².